The van der Waals surface area contributed by atoms with Gasteiger partial charge in [-0.1, -0.05) is 42.1 Å². The molecule has 0 unspecified atom stereocenters. The van der Waals surface area contributed by atoms with Crippen LogP contribution in [0.15, 0.2) is 30.3 Å². The van der Waals surface area contributed by atoms with Gasteiger partial charge in [0.25, 0.3) is 0 Å². The van der Waals surface area contributed by atoms with Crippen LogP contribution in [0.5, 0.6) is 0 Å². The van der Waals surface area contributed by atoms with Crippen LogP contribution in [0.3, 0.4) is 0 Å². The smallest absolute Gasteiger partial charge is 0.216 e. The molecule has 0 aliphatic heterocycles. The highest BCUT2D eigenvalue weighted by Crippen LogP contribution is 2.09. The number of rotatable bonds is 6. The Balaban J connectivity index is 2.27. The zero-order valence-electron chi connectivity index (χ0n) is 10.4. The van der Waals surface area contributed by atoms with E-state index in [-0.39, 0.29) is 11.0 Å². The van der Waals surface area contributed by atoms with Gasteiger partial charge in [0.05, 0.1) is 6.04 Å². The van der Waals surface area contributed by atoms with Crippen LogP contribution < -0.4 is 11.1 Å². The minimum absolute atomic E-state index is 0.0378. The summed E-state index contributed by atoms with van der Waals surface area (Å²) in [6.45, 7) is 1.94. The molecule has 0 aromatic heterocycles. The monoisotopic (exact) mass is 266 g/mol. The molecule has 1 amide bonds. The summed E-state index contributed by atoms with van der Waals surface area (Å²) in [4.78, 5) is 22.4. The van der Waals surface area contributed by atoms with Gasteiger partial charge in [-0.2, -0.15) is 0 Å². The lowest BCUT2D eigenvalue weighted by Gasteiger charge is -2.10. The Morgan fingerprint density at radius 2 is 2.00 bits per heavy atom. The van der Waals surface area contributed by atoms with E-state index >= 15 is 0 Å². The first kappa shape index (κ1) is 14.7. The number of amides is 1. The van der Waals surface area contributed by atoms with Crippen LogP contribution in [0.1, 0.15) is 12.5 Å². The Morgan fingerprint density at radius 1 is 1.33 bits per heavy atom. The van der Waals surface area contributed by atoms with Crippen LogP contribution in [0.25, 0.3) is 0 Å². The van der Waals surface area contributed by atoms with E-state index in [0.717, 1.165) is 5.56 Å². The minimum Gasteiger partial charge on any atom is -0.356 e. The third kappa shape index (κ3) is 5.84. The van der Waals surface area contributed by atoms with Crippen LogP contribution >= 0.6 is 11.8 Å². The lowest BCUT2D eigenvalue weighted by atomic mass is 10.1. The summed E-state index contributed by atoms with van der Waals surface area (Å²) in [7, 11) is 0. The highest BCUT2D eigenvalue weighted by Gasteiger charge is 2.14. The second-order valence-corrected chi connectivity index (χ2v) is 5.05. The number of thioether (sulfide) groups is 1. The molecule has 18 heavy (non-hydrogen) atoms. The maximum atomic E-state index is 11.7. The second kappa shape index (κ2) is 7.89. The fourth-order valence-electron chi connectivity index (χ4n) is 1.44. The van der Waals surface area contributed by atoms with Crippen molar-refractivity contribution in [1.82, 2.24) is 5.32 Å². The van der Waals surface area contributed by atoms with Gasteiger partial charge in [0.1, 0.15) is 0 Å². The van der Waals surface area contributed by atoms with Gasteiger partial charge >= 0.3 is 0 Å². The van der Waals surface area contributed by atoms with Gasteiger partial charge < -0.3 is 11.1 Å². The Hall–Kier alpha value is -1.33. The number of hydrogen-bond donors (Lipinski definition) is 2. The molecule has 0 aliphatic carbocycles. The van der Waals surface area contributed by atoms with Crippen molar-refractivity contribution in [2.24, 2.45) is 5.73 Å². The fourth-order valence-corrected chi connectivity index (χ4v) is 2.14. The Labute approximate surface area is 111 Å². The van der Waals surface area contributed by atoms with Crippen molar-refractivity contribution in [3.05, 3.63) is 35.9 Å². The molecule has 0 saturated carbocycles. The number of benzene rings is 1. The van der Waals surface area contributed by atoms with Gasteiger partial charge in [-0.25, -0.2) is 0 Å². The molecule has 4 nitrogen and oxygen atoms in total. The summed E-state index contributed by atoms with van der Waals surface area (Å²) >= 11 is 1.17. The first-order valence-corrected chi connectivity index (χ1v) is 6.78. The quantitative estimate of drug-likeness (QED) is 0.752. The third-order valence-corrected chi connectivity index (χ3v) is 3.32. The lowest BCUT2D eigenvalue weighted by molar-refractivity contribution is -0.119. The molecular formula is C13H18N2O2S. The van der Waals surface area contributed by atoms with Crippen molar-refractivity contribution < 1.29 is 9.59 Å². The zero-order chi connectivity index (χ0) is 13.4. The molecule has 1 aromatic carbocycles. The molecular weight excluding hydrogens is 248 g/mol. The van der Waals surface area contributed by atoms with Gasteiger partial charge in [-0.05, 0) is 12.0 Å². The molecule has 3 N–H and O–H groups in total. The van der Waals surface area contributed by atoms with Crippen molar-refractivity contribution >= 4 is 22.8 Å². The number of carbonyl (C=O) groups excluding carboxylic acids is 2. The van der Waals surface area contributed by atoms with Crippen molar-refractivity contribution in [3.63, 3.8) is 0 Å². The largest absolute Gasteiger partial charge is 0.356 e. The van der Waals surface area contributed by atoms with Crippen LogP contribution in [0.4, 0.5) is 0 Å². The molecule has 0 fully saturated rings. The van der Waals surface area contributed by atoms with Gasteiger partial charge in [-0.15, -0.1) is 0 Å². The molecule has 1 aromatic rings. The van der Waals surface area contributed by atoms with Gasteiger partial charge in [0.15, 0.2) is 0 Å². The Bertz CT molecular complexity index is 395. The molecule has 0 radical (unpaired) electrons. The predicted octanol–water partition coefficient (Wildman–Crippen LogP) is 0.952. The van der Waals surface area contributed by atoms with Crippen LogP contribution in [0, 0.1) is 0 Å². The summed E-state index contributed by atoms with van der Waals surface area (Å²) in [6, 6.07) is 9.20. The Kier molecular flexibility index (Phi) is 6.46. The normalized spacial score (nSPS) is 11.9. The number of hydrogen-bond acceptors (Lipinski definition) is 4. The standard InChI is InChI=1S/C13H18N2O2S/c1-10(16)15-7-8-18-13(17)12(14)9-11-5-3-2-4-6-11/h2-6,12H,7-9,14H2,1H3,(H,15,16)/t12-/m0/s1. The first-order valence-electron chi connectivity index (χ1n) is 5.80. The summed E-state index contributed by atoms with van der Waals surface area (Å²) < 4.78 is 0. The SMILES string of the molecule is CC(=O)NCCSC(=O)[C@@H](N)Cc1ccccc1. The molecule has 1 atom stereocenters. The predicted molar refractivity (Wildman–Crippen MR) is 74.3 cm³/mol. The van der Waals surface area contributed by atoms with Crippen LogP contribution in [-0.2, 0) is 16.0 Å². The molecule has 1 rings (SSSR count). The lowest BCUT2D eigenvalue weighted by Crippen LogP contribution is -2.31. The molecule has 0 bridgehead atoms. The van der Waals surface area contributed by atoms with Crippen LogP contribution in [0.2, 0.25) is 0 Å². The van der Waals surface area contributed by atoms with Crippen LogP contribution in [-0.4, -0.2) is 29.4 Å². The van der Waals surface area contributed by atoms with E-state index in [1.807, 2.05) is 30.3 Å². The van der Waals surface area contributed by atoms with Gasteiger partial charge in [-0.3, -0.25) is 9.59 Å². The van der Waals surface area contributed by atoms with Crippen molar-refractivity contribution in [2.75, 3.05) is 12.3 Å². The van der Waals surface area contributed by atoms with Crippen molar-refractivity contribution in [3.8, 4) is 0 Å². The van der Waals surface area contributed by atoms with Gasteiger partial charge in [0, 0.05) is 19.2 Å². The Morgan fingerprint density at radius 3 is 2.61 bits per heavy atom. The van der Waals surface area contributed by atoms with E-state index in [2.05, 4.69) is 5.32 Å². The topological polar surface area (TPSA) is 72.2 Å². The number of carbonyl (C=O) groups is 2. The van der Waals surface area contributed by atoms with E-state index < -0.39 is 6.04 Å². The second-order valence-electron chi connectivity index (χ2n) is 3.95. The number of nitrogens with two attached hydrogens (primary N) is 1. The average molecular weight is 266 g/mol. The highest BCUT2D eigenvalue weighted by atomic mass is 32.2. The highest BCUT2D eigenvalue weighted by molar-refractivity contribution is 8.13. The number of nitrogens with one attached hydrogen (secondary N) is 1. The summed E-state index contributed by atoms with van der Waals surface area (Å²) in [6.07, 6.45) is 0.548. The first-order chi connectivity index (χ1) is 8.59. The van der Waals surface area contributed by atoms with E-state index in [1.165, 1.54) is 18.7 Å². The fraction of sp³-hybridized carbons (Fsp3) is 0.385. The van der Waals surface area contributed by atoms with E-state index in [1.54, 1.807) is 0 Å². The minimum atomic E-state index is -0.491. The van der Waals surface area contributed by atoms with Crippen molar-refractivity contribution in [1.29, 1.82) is 0 Å². The summed E-state index contributed by atoms with van der Waals surface area (Å²) in [5.41, 5.74) is 6.89. The zero-order valence-corrected chi connectivity index (χ0v) is 11.2. The van der Waals surface area contributed by atoms with E-state index in [0.29, 0.717) is 18.7 Å². The molecule has 0 saturated heterocycles. The molecule has 98 valence electrons. The van der Waals surface area contributed by atoms with Gasteiger partial charge in [0.2, 0.25) is 11.0 Å². The third-order valence-electron chi connectivity index (χ3n) is 2.32. The van der Waals surface area contributed by atoms with E-state index in [9.17, 15) is 9.59 Å². The maximum Gasteiger partial charge on any atom is 0.216 e. The van der Waals surface area contributed by atoms with E-state index in [4.69, 9.17) is 5.73 Å². The molecule has 5 heteroatoms. The van der Waals surface area contributed by atoms with Crippen molar-refractivity contribution in [2.45, 2.75) is 19.4 Å². The molecule has 0 spiro atoms. The summed E-state index contributed by atoms with van der Waals surface area (Å²) in [5.74, 6) is 0.470. The average Bonchev–Trinajstić information content (AvgIpc) is 2.35. The summed E-state index contributed by atoms with van der Waals surface area (Å²) in [5, 5.41) is 2.60. The molecule has 0 heterocycles. The maximum absolute atomic E-state index is 11.7. The molecule has 0 aliphatic rings.